The van der Waals surface area contributed by atoms with Gasteiger partial charge in [0.05, 0.1) is 6.54 Å². The molecule has 0 radical (unpaired) electrons. The third-order valence-corrected chi connectivity index (χ3v) is 4.33. The van der Waals surface area contributed by atoms with E-state index in [1.54, 1.807) is 18.2 Å². The Balaban J connectivity index is 0.000000269. The molecule has 1 aromatic heterocycles. The molecule has 1 aliphatic heterocycles. The Morgan fingerprint density at radius 1 is 1.40 bits per heavy atom. The second kappa shape index (κ2) is 9.17. The van der Waals surface area contributed by atoms with Gasteiger partial charge in [-0.1, -0.05) is 25.1 Å². The summed E-state index contributed by atoms with van der Waals surface area (Å²) in [6.07, 6.45) is 2.56. The van der Waals surface area contributed by atoms with Crippen LogP contribution in [0.15, 0.2) is 45.7 Å². The van der Waals surface area contributed by atoms with E-state index in [9.17, 15) is 14.0 Å². The third kappa shape index (κ3) is 5.86. The molecule has 2 N–H and O–H groups in total. The van der Waals surface area contributed by atoms with Gasteiger partial charge in [-0.2, -0.15) is 5.16 Å². The lowest BCUT2D eigenvalue weighted by Gasteiger charge is -2.37. The standard InChI is InChI=1S/C12H18N2O4.C6H5F/c1-2-9-5-8(10-6-11(15)13-18-10)3-4-14(9)7-12(16)17;7-6-4-2-1-3-5-6/h6,8-9H,2-5,7H2,1H3,(H,13,15)(H,16,17);1-5H. The maximum absolute atomic E-state index is 11.9. The number of carbonyl (C=O) groups is 1. The van der Waals surface area contributed by atoms with Crippen molar-refractivity contribution < 1.29 is 18.8 Å². The second-order valence-corrected chi connectivity index (χ2v) is 6.06. The van der Waals surface area contributed by atoms with Gasteiger partial charge in [0, 0.05) is 18.0 Å². The summed E-state index contributed by atoms with van der Waals surface area (Å²) in [5.41, 5.74) is -0.217. The van der Waals surface area contributed by atoms with Gasteiger partial charge < -0.3 is 9.63 Å². The van der Waals surface area contributed by atoms with E-state index >= 15 is 0 Å². The monoisotopic (exact) mass is 350 g/mol. The Kier molecular flexibility index (Phi) is 6.94. The van der Waals surface area contributed by atoms with Crippen molar-refractivity contribution in [3.63, 3.8) is 0 Å². The van der Waals surface area contributed by atoms with Crippen molar-refractivity contribution in [1.29, 1.82) is 0 Å². The van der Waals surface area contributed by atoms with Crippen LogP contribution in [0.1, 0.15) is 37.9 Å². The zero-order chi connectivity index (χ0) is 18.2. The fourth-order valence-corrected chi connectivity index (χ4v) is 3.08. The van der Waals surface area contributed by atoms with E-state index in [1.807, 2.05) is 4.90 Å². The molecule has 1 saturated heterocycles. The van der Waals surface area contributed by atoms with Crippen molar-refractivity contribution in [2.75, 3.05) is 13.1 Å². The summed E-state index contributed by atoms with van der Waals surface area (Å²) in [7, 11) is 0. The van der Waals surface area contributed by atoms with Crippen LogP contribution in [0.4, 0.5) is 4.39 Å². The molecule has 1 aromatic carbocycles. The number of likely N-dealkylation sites (tertiary alicyclic amines) is 1. The van der Waals surface area contributed by atoms with Crippen LogP contribution in [0, 0.1) is 5.82 Å². The normalized spacial score (nSPS) is 20.6. The molecular formula is C18H23FN2O4. The van der Waals surface area contributed by atoms with E-state index < -0.39 is 5.97 Å². The Bertz CT molecular complexity index is 713. The molecule has 6 nitrogen and oxygen atoms in total. The number of carboxylic acids is 1. The summed E-state index contributed by atoms with van der Waals surface area (Å²) in [6, 6.07) is 9.66. The third-order valence-electron chi connectivity index (χ3n) is 4.33. The molecule has 0 aliphatic carbocycles. The number of halogens is 1. The molecule has 0 saturated carbocycles. The van der Waals surface area contributed by atoms with Crippen LogP contribution in [0.2, 0.25) is 0 Å². The van der Waals surface area contributed by atoms with Crippen LogP contribution < -0.4 is 5.56 Å². The van der Waals surface area contributed by atoms with Gasteiger partial charge in [0.15, 0.2) is 0 Å². The minimum atomic E-state index is -0.792. The van der Waals surface area contributed by atoms with Crippen LogP contribution in [-0.4, -0.2) is 40.3 Å². The summed E-state index contributed by atoms with van der Waals surface area (Å²) in [4.78, 5) is 23.8. The van der Waals surface area contributed by atoms with E-state index in [4.69, 9.17) is 9.63 Å². The van der Waals surface area contributed by atoms with Gasteiger partial charge in [-0.05, 0) is 37.9 Å². The molecule has 1 fully saturated rings. The summed E-state index contributed by atoms with van der Waals surface area (Å²) >= 11 is 0. The van der Waals surface area contributed by atoms with Gasteiger partial charge in [0.1, 0.15) is 11.6 Å². The van der Waals surface area contributed by atoms with Crippen molar-refractivity contribution in [1.82, 2.24) is 10.1 Å². The zero-order valence-electron chi connectivity index (χ0n) is 14.2. The van der Waals surface area contributed by atoms with Crippen LogP contribution in [0.25, 0.3) is 0 Å². The quantitative estimate of drug-likeness (QED) is 0.885. The first-order valence-corrected chi connectivity index (χ1v) is 8.34. The molecule has 3 rings (SSSR count). The number of aromatic nitrogens is 1. The first-order valence-electron chi connectivity index (χ1n) is 8.34. The molecule has 2 atom stereocenters. The number of hydrogen-bond donors (Lipinski definition) is 2. The highest BCUT2D eigenvalue weighted by molar-refractivity contribution is 5.69. The molecule has 136 valence electrons. The van der Waals surface area contributed by atoms with Crippen molar-refractivity contribution in [2.24, 2.45) is 0 Å². The number of nitrogens with zero attached hydrogens (tertiary/aromatic N) is 1. The average molecular weight is 350 g/mol. The SMILES string of the molecule is CCC1CC(c2cc(=O)[nH]o2)CCN1CC(=O)O.Fc1ccccc1. The molecule has 2 heterocycles. The number of aliphatic carboxylic acids is 1. The molecule has 25 heavy (non-hydrogen) atoms. The van der Waals surface area contributed by atoms with Gasteiger partial charge in [0.2, 0.25) is 0 Å². The number of H-pyrrole nitrogens is 1. The maximum Gasteiger partial charge on any atom is 0.317 e. The van der Waals surface area contributed by atoms with Crippen molar-refractivity contribution in [2.45, 2.75) is 38.1 Å². The van der Waals surface area contributed by atoms with Crippen LogP contribution in [0.5, 0.6) is 0 Å². The Morgan fingerprint density at radius 2 is 2.12 bits per heavy atom. The number of hydrogen-bond acceptors (Lipinski definition) is 4. The fourth-order valence-electron chi connectivity index (χ4n) is 3.08. The lowest BCUT2D eigenvalue weighted by molar-refractivity contribution is -0.139. The molecule has 0 bridgehead atoms. The van der Waals surface area contributed by atoms with Crippen molar-refractivity contribution >= 4 is 5.97 Å². The second-order valence-electron chi connectivity index (χ2n) is 6.06. The van der Waals surface area contributed by atoms with Gasteiger partial charge in [0.25, 0.3) is 5.56 Å². The average Bonchev–Trinajstić information content (AvgIpc) is 3.02. The predicted molar refractivity (Wildman–Crippen MR) is 91.0 cm³/mol. The Labute approximate surface area is 145 Å². The highest BCUT2D eigenvalue weighted by atomic mass is 19.1. The highest BCUT2D eigenvalue weighted by Crippen LogP contribution is 2.31. The molecule has 0 spiro atoms. The van der Waals surface area contributed by atoms with E-state index in [1.165, 1.54) is 18.2 Å². The molecule has 2 unspecified atom stereocenters. The lowest BCUT2D eigenvalue weighted by Crippen LogP contribution is -2.44. The van der Waals surface area contributed by atoms with E-state index in [0.717, 1.165) is 25.8 Å². The van der Waals surface area contributed by atoms with Crippen LogP contribution in [-0.2, 0) is 4.79 Å². The maximum atomic E-state index is 11.9. The van der Waals surface area contributed by atoms with Crippen LogP contribution in [0.3, 0.4) is 0 Å². The number of rotatable bonds is 4. The van der Waals surface area contributed by atoms with E-state index in [0.29, 0.717) is 5.76 Å². The fraction of sp³-hybridized carbons (Fsp3) is 0.444. The number of benzene rings is 1. The summed E-state index contributed by atoms with van der Waals surface area (Å²) < 4.78 is 17.0. The first-order chi connectivity index (χ1) is 12.0. The van der Waals surface area contributed by atoms with Crippen molar-refractivity contribution in [3.05, 3.63) is 58.3 Å². The molecular weight excluding hydrogens is 327 g/mol. The number of carboxylic acid groups (broad SMARTS) is 1. The van der Waals surface area contributed by atoms with Gasteiger partial charge in [-0.3, -0.25) is 14.5 Å². The number of nitrogens with one attached hydrogen (secondary N) is 1. The summed E-state index contributed by atoms with van der Waals surface area (Å²) in [6.45, 7) is 2.86. The van der Waals surface area contributed by atoms with E-state index in [-0.39, 0.29) is 29.9 Å². The van der Waals surface area contributed by atoms with Gasteiger partial charge >= 0.3 is 5.97 Å². The zero-order valence-corrected chi connectivity index (χ0v) is 14.2. The smallest absolute Gasteiger partial charge is 0.317 e. The van der Waals surface area contributed by atoms with Crippen molar-refractivity contribution in [3.8, 4) is 0 Å². The summed E-state index contributed by atoms with van der Waals surface area (Å²) in [5.74, 6) is -0.0741. The molecule has 7 heteroatoms. The van der Waals surface area contributed by atoms with Gasteiger partial charge in [-0.15, -0.1) is 0 Å². The summed E-state index contributed by atoms with van der Waals surface area (Å²) in [5, 5.41) is 11.2. The predicted octanol–water partition coefficient (Wildman–Crippen LogP) is 2.84. The molecule has 1 aliphatic rings. The minimum Gasteiger partial charge on any atom is -0.480 e. The van der Waals surface area contributed by atoms with Gasteiger partial charge in [-0.25, -0.2) is 4.39 Å². The first kappa shape index (κ1) is 18.9. The molecule has 2 aromatic rings. The minimum absolute atomic E-state index is 0.0856. The lowest BCUT2D eigenvalue weighted by atomic mass is 9.88. The number of aromatic amines is 1. The topological polar surface area (TPSA) is 86.5 Å². The highest BCUT2D eigenvalue weighted by Gasteiger charge is 2.30. The Hall–Kier alpha value is -2.41. The van der Waals surface area contributed by atoms with Crippen LogP contribution >= 0.6 is 0 Å². The molecule has 0 amide bonds. The number of piperidine rings is 1. The largest absolute Gasteiger partial charge is 0.480 e. The Morgan fingerprint density at radius 3 is 2.60 bits per heavy atom. The van der Waals surface area contributed by atoms with E-state index in [2.05, 4.69) is 12.1 Å².